The summed E-state index contributed by atoms with van der Waals surface area (Å²) in [5.41, 5.74) is 7.64. The number of methoxy groups -OCH3 is 1. The van der Waals surface area contributed by atoms with Gasteiger partial charge >= 0.3 is 5.97 Å². The van der Waals surface area contributed by atoms with Crippen LogP contribution < -0.4 is 15.2 Å². The van der Waals surface area contributed by atoms with Gasteiger partial charge < -0.3 is 14.8 Å². The van der Waals surface area contributed by atoms with Gasteiger partial charge in [0.15, 0.2) is 0 Å². The fraction of sp³-hybridized carbons (Fsp3) is 0.379. The zero-order chi connectivity index (χ0) is 27.8. The largest absolute Gasteiger partial charge is 0.494 e. The lowest BCUT2D eigenvalue weighted by atomic mass is 9.85. The maximum atomic E-state index is 12.1. The Morgan fingerprint density at radius 2 is 1.81 bits per heavy atom. The van der Waals surface area contributed by atoms with Gasteiger partial charge in [0, 0.05) is 11.9 Å². The van der Waals surface area contributed by atoms with E-state index in [1.54, 1.807) is 24.9 Å². The van der Waals surface area contributed by atoms with Gasteiger partial charge in [-0.3, -0.25) is 5.14 Å². The number of ether oxygens (including phenoxy) is 2. The summed E-state index contributed by atoms with van der Waals surface area (Å²) in [6.07, 6.45) is 6.28. The fourth-order valence-corrected chi connectivity index (χ4v) is 3.96. The summed E-state index contributed by atoms with van der Waals surface area (Å²) in [5, 5.41) is 12.2. The minimum absolute atomic E-state index is 0.00977. The van der Waals surface area contributed by atoms with Crippen molar-refractivity contribution in [1.29, 1.82) is 0 Å². The third kappa shape index (κ3) is 7.40. The Labute approximate surface area is 226 Å². The minimum Gasteiger partial charge on any atom is -0.494 e. The molecule has 3 N–H and O–H groups in total. The average Bonchev–Trinajstić information content (AvgIpc) is 3.35. The first kappa shape index (κ1) is 30.0. The van der Waals surface area contributed by atoms with Gasteiger partial charge in [-0.05, 0) is 67.0 Å². The number of anilines is 1. The number of hydrogen-bond donors (Lipinski definition) is 3. The quantitative estimate of drug-likeness (QED) is 0.226. The molecule has 1 heterocycles. The zero-order valence-electron chi connectivity index (χ0n) is 23.2. The van der Waals surface area contributed by atoms with Crippen molar-refractivity contribution < 1.29 is 14.3 Å². The van der Waals surface area contributed by atoms with Gasteiger partial charge in [0.2, 0.25) is 0 Å². The molecule has 8 heteroatoms. The van der Waals surface area contributed by atoms with Gasteiger partial charge in [-0.25, -0.2) is 9.48 Å². The number of aryl methyl sites for hydroxylation is 2. The molecule has 0 aliphatic carbocycles. The lowest BCUT2D eigenvalue weighted by Crippen LogP contribution is -2.13. The Balaban J connectivity index is 0.00000235. The van der Waals surface area contributed by atoms with E-state index in [9.17, 15) is 4.79 Å². The van der Waals surface area contributed by atoms with E-state index < -0.39 is 0 Å². The van der Waals surface area contributed by atoms with Gasteiger partial charge in [0.05, 0.1) is 36.9 Å². The second-order valence-electron chi connectivity index (χ2n) is 9.67. The van der Waals surface area contributed by atoms with E-state index in [0.29, 0.717) is 12.2 Å². The molecule has 0 saturated carbocycles. The van der Waals surface area contributed by atoms with Crippen molar-refractivity contribution in [3.05, 3.63) is 76.6 Å². The molecule has 0 radical (unpaired) electrons. The van der Waals surface area contributed by atoms with Gasteiger partial charge in [-0.1, -0.05) is 52.0 Å². The molecule has 0 bridgehead atoms. The Morgan fingerprint density at radius 3 is 2.41 bits per heavy atom. The third-order valence-electron chi connectivity index (χ3n) is 5.88. The van der Waals surface area contributed by atoms with Crippen molar-refractivity contribution in [3.63, 3.8) is 0 Å². The maximum absolute atomic E-state index is 12.1. The number of nitrogens with one attached hydrogen (secondary N) is 1. The number of allylic oxidation sites excluding steroid dienone is 1. The molecule has 3 rings (SSSR count). The van der Waals surface area contributed by atoms with Crippen LogP contribution in [-0.4, -0.2) is 29.5 Å². The van der Waals surface area contributed by atoms with Gasteiger partial charge in [0.25, 0.3) is 0 Å². The molecule has 0 aliphatic heterocycles. The molecule has 0 amide bonds. The van der Waals surface area contributed by atoms with Crippen molar-refractivity contribution in [2.75, 3.05) is 19.0 Å². The van der Waals surface area contributed by atoms with E-state index >= 15 is 0 Å². The van der Waals surface area contributed by atoms with Gasteiger partial charge in [0.1, 0.15) is 5.75 Å². The Hall–Kier alpha value is -3.23. The van der Waals surface area contributed by atoms with Crippen LogP contribution in [0.15, 0.2) is 48.8 Å². The standard InChI is InChI=1S/C29H37N3O3.H3NS/c1-9-11-24(31-25-16-23(29(5,6)7)14-20(4)27(25)34-8)21-13-12-19(3)26(15-21)32-18-22(17-30-32)28(33)35-10-2;1-2/h11-18,31H,9-10H2,1-8H3;2H,1H2/b24-11-;. The Morgan fingerprint density at radius 1 is 1.11 bits per heavy atom. The lowest BCUT2D eigenvalue weighted by Gasteiger charge is -2.24. The van der Waals surface area contributed by atoms with Crippen molar-refractivity contribution in [1.82, 2.24) is 9.78 Å². The molecule has 7 nitrogen and oxygen atoms in total. The number of nitrogens with zero attached hydrogens (tertiary/aromatic N) is 2. The number of aromatic nitrogens is 2. The predicted octanol–water partition coefficient (Wildman–Crippen LogP) is 6.62. The molecule has 37 heavy (non-hydrogen) atoms. The Bertz CT molecular complexity index is 1240. The van der Waals surface area contributed by atoms with Crippen LogP contribution in [0.1, 0.15) is 73.7 Å². The van der Waals surface area contributed by atoms with Crippen molar-refractivity contribution in [2.45, 2.75) is 60.3 Å². The summed E-state index contributed by atoms with van der Waals surface area (Å²) in [7, 11) is 1.70. The van der Waals surface area contributed by atoms with E-state index in [4.69, 9.17) is 9.47 Å². The highest BCUT2D eigenvalue weighted by Gasteiger charge is 2.19. The normalized spacial score (nSPS) is 11.5. The maximum Gasteiger partial charge on any atom is 0.341 e. The highest BCUT2D eigenvalue weighted by molar-refractivity contribution is 7.77. The molecular weight excluding hydrogens is 484 g/mol. The number of carbonyl (C=O) groups excluding carboxylic acids is 1. The number of hydrogen-bond acceptors (Lipinski definition) is 7. The second kappa shape index (κ2) is 13.4. The van der Waals surface area contributed by atoms with Gasteiger partial charge in [-0.2, -0.15) is 5.10 Å². The molecule has 0 saturated heterocycles. The highest BCUT2D eigenvalue weighted by Crippen LogP contribution is 2.37. The fourth-order valence-electron chi connectivity index (χ4n) is 3.96. The predicted molar refractivity (Wildman–Crippen MR) is 156 cm³/mol. The molecule has 0 spiro atoms. The van der Waals surface area contributed by atoms with E-state index in [1.807, 2.05) is 6.92 Å². The van der Waals surface area contributed by atoms with Crippen LogP contribution in [0.4, 0.5) is 5.69 Å². The van der Waals surface area contributed by atoms with E-state index in [-0.39, 0.29) is 11.4 Å². The number of carbonyl (C=O) groups is 1. The monoisotopic (exact) mass is 524 g/mol. The molecule has 200 valence electrons. The molecule has 0 atom stereocenters. The van der Waals surface area contributed by atoms with Crippen LogP contribution in [0.25, 0.3) is 11.4 Å². The molecule has 3 aromatic rings. The number of rotatable bonds is 8. The van der Waals surface area contributed by atoms with Gasteiger partial charge in [-0.15, -0.1) is 12.8 Å². The van der Waals surface area contributed by atoms with Crippen LogP contribution in [0.3, 0.4) is 0 Å². The topological polar surface area (TPSA) is 91.4 Å². The summed E-state index contributed by atoms with van der Waals surface area (Å²) < 4.78 is 12.6. The first-order valence-corrected chi connectivity index (χ1v) is 12.9. The molecule has 0 unspecified atom stereocenters. The van der Waals surface area contributed by atoms with Crippen LogP contribution in [0.2, 0.25) is 0 Å². The summed E-state index contributed by atoms with van der Waals surface area (Å²) in [5.74, 6) is 0.459. The van der Waals surface area contributed by atoms with E-state index in [1.165, 1.54) is 11.8 Å². The average molecular weight is 525 g/mol. The van der Waals surface area contributed by atoms with E-state index in [0.717, 1.165) is 45.9 Å². The summed E-state index contributed by atoms with van der Waals surface area (Å²) in [4.78, 5) is 12.1. The van der Waals surface area contributed by atoms with Crippen LogP contribution in [0.5, 0.6) is 5.75 Å². The van der Waals surface area contributed by atoms with Crippen molar-refractivity contribution >= 4 is 30.2 Å². The lowest BCUT2D eigenvalue weighted by molar-refractivity contribution is 0.0526. The summed E-state index contributed by atoms with van der Waals surface area (Å²) in [6, 6.07) is 10.6. The minimum atomic E-state index is -0.373. The second-order valence-corrected chi connectivity index (χ2v) is 9.67. The zero-order valence-corrected chi connectivity index (χ0v) is 24.1. The number of benzene rings is 2. The summed E-state index contributed by atoms with van der Waals surface area (Å²) >= 11 is 3.03. The number of thiol groups is 1. The molecule has 0 fully saturated rings. The van der Waals surface area contributed by atoms with Crippen LogP contribution >= 0.6 is 12.8 Å². The molecule has 0 aliphatic rings. The smallest absolute Gasteiger partial charge is 0.341 e. The first-order valence-electron chi connectivity index (χ1n) is 12.3. The number of nitrogens with two attached hydrogens (primary N) is 1. The number of esters is 1. The molecule has 2 aromatic carbocycles. The van der Waals surface area contributed by atoms with Crippen LogP contribution in [0, 0.1) is 13.8 Å². The Kier molecular flexibility index (Phi) is 10.8. The summed E-state index contributed by atoms with van der Waals surface area (Å²) in [6.45, 7) is 15.0. The SMILES string of the molecule is CC/C=C(\Nc1cc(C(C)(C)C)cc(C)c1OC)c1ccc(C)c(-n2cc(C(=O)OCC)cn2)c1.NS. The third-order valence-corrected chi connectivity index (χ3v) is 5.88. The highest BCUT2D eigenvalue weighted by atomic mass is 32.1. The van der Waals surface area contributed by atoms with Crippen molar-refractivity contribution in [3.8, 4) is 11.4 Å². The molecule has 1 aromatic heterocycles. The first-order chi connectivity index (χ1) is 17.6. The van der Waals surface area contributed by atoms with Crippen LogP contribution in [-0.2, 0) is 10.2 Å². The van der Waals surface area contributed by atoms with E-state index in [2.05, 4.69) is 99.4 Å². The molecular formula is C29H40N4O3S. The van der Waals surface area contributed by atoms with Crippen molar-refractivity contribution in [2.24, 2.45) is 5.14 Å².